The maximum Gasteiger partial charge on any atom is 0.257 e. The number of anilines is 1. The zero-order valence-corrected chi connectivity index (χ0v) is 12.4. The number of amides is 1. The number of hydrogen-bond acceptors (Lipinski definition) is 2. The molecule has 2 rings (SSSR count). The van der Waals surface area contributed by atoms with E-state index in [0.717, 1.165) is 0 Å². The summed E-state index contributed by atoms with van der Waals surface area (Å²) in [5.74, 6) is 4.94. The standard InChI is InChI=1S/C16H11Cl2NO2/c17-12-7-8-14(18)13(10-12)16(21)19-15-6-2-1-4-11(15)5-3-9-20/h1-2,4,6-8,10,20H,9H2,(H,19,21). The van der Waals surface area contributed by atoms with Crippen LogP contribution in [0.3, 0.4) is 0 Å². The minimum absolute atomic E-state index is 0.248. The Morgan fingerprint density at radius 1 is 1.19 bits per heavy atom. The van der Waals surface area contributed by atoms with Crippen LogP contribution < -0.4 is 5.32 Å². The molecule has 0 aliphatic rings. The maximum atomic E-state index is 12.3. The summed E-state index contributed by atoms with van der Waals surface area (Å²) in [5.41, 5.74) is 1.44. The van der Waals surface area contributed by atoms with E-state index in [-0.39, 0.29) is 18.1 Å². The molecule has 3 nitrogen and oxygen atoms in total. The van der Waals surface area contributed by atoms with Crippen LogP contribution in [-0.4, -0.2) is 17.6 Å². The maximum absolute atomic E-state index is 12.3. The van der Waals surface area contributed by atoms with Crippen molar-refractivity contribution < 1.29 is 9.90 Å². The molecular formula is C16H11Cl2NO2. The van der Waals surface area contributed by atoms with E-state index in [1.807, 2.05) is 0 Å². The molecule has 0 saturated heterocycles. The molecule has 0 spiro atoms. The molecule has 0 atom stereocenters. The van der Waals surface area contributed by atoms with Crippen LogP contribution in [0.5, 0.6) is 0 Å². The van der Waals surface area contributed by atoms with Gasteiger partial charge in [-0.05, 0) is 30.3 Å². The normalized spacial score (nSPS) is 9.67. The van der Waals surface area contributed by atoms with E-state index in [1.54, 1.807) is 36.4 Å². The lowest BCUT2D eigenvalue weighted by Gasteiger charge is -2.09. The molecule has 2 N–H and O–H groups in total. The van der Waals surface area contributed by atoms with Gasteiger partial charge < -0.3 is 10.4 Å². The second-order valence-corrected chi connectivity index (χ2v) is 4.93. The predicted molar refractivity (Wildman–Crippen MR) is 84.8 cm³/mol. The third-order valence-electron chi connectivity index (χ3n) is 2.65. The fourth-order valence-corrected chi connectivity index (χ4v) is 2.07. The van der Waals surface area contributed by atoms with E-state index in [1.165, 1.54) is 6.07 Å². The van der Waals surface area contributed by atoms with Gasteiger partial charge in [0.2, 0.25) is 0 Å². The van der Waals surface area contributed by atoms with Crippen molar-refractivity contribution in [2.75, 3.05) is 11.9 Å². The van der Waals surface area contributed by atoms with Crippen LogP contribution in [0.2, 0.25) is 10.0 Å². The van der Waals surface area contributed by atoms with Gasteiger partial charge in [-0.3, -0.25) is 4.79 Å². The van der Waals surface area contributed by atoms with Gasteiger partial charge in [-0.1, -0.05) is 47.2 Å². The van der Waals surface area contributed by atoms with E-state index in [9.17, 15) is 4.79 Å². The number of rotatable bonds is 2. The van der Waals surface area contributed by atoms with E-state index < -0.39 is 0 Å². The fraction of sp³-hybridized carbons (Fsp3) is 0.0625. The first-order valence-corrected chi connectivity index (χ1v) is 6.82. The van der Waals surface area contributed by atoms with E-state index in [2.05, 4.69) is 17.2 Å². The van der Waals surface area contributed by atoms with Gasteiger partial charge in [0.1, 0.15) is 6.61 Å². The van der Waals surface area contributed by atoms with Crippen molar-refractivity contribution in [3.8, 4) is 11.8 Å². The van der Waals surface area contributed by atoms with Crippen LogP contribution in [0.1, 0.15) is 15.9 Å². The Balaban J connectivity index is 2.30. The molecule has 0 unspecified atom stereocenters. The van der Waals surface area contributed by atoms with Gasteiger partial charge in [0, 0.05) is 10.6 Å². The number of carbonyl (C=O) groups excluding carboxylic acids is 1. The zero-order chi connectivity index (χ0) is 15.2. The largest absolute Gasteiger partial charge is 0.384 e. The number of nitrogens with one attached hydrogen (secondary N) is 1. The highest BCUT2D eigenvalue weighted by atomic mass is 35.5. The summed E-state index contributed by atoms with van der Waals surface area (Å²) in [6.45, 7) is -0.248. The van der Waals surface area contributed by atoms with Crippen molar-refractivity contribution in [2.45, 2.75) is 0 Å². The van der Waals surface area contributed by atoms with E-state index >= 15 is 0 Å². The number of aliphatic hydroxyl groups is 1. The number of benzene rings is 2. The minimum Gasteiger partial charge on any atom is -0.384 e. The van der Waals surface area contributed by atoms with Gasteiger partial charge in [0.15, 0.2) is 0 Å². The lowest BCUT2D eigenvalue weighted by atomic mass is 10.1. The number of hydrogen-bond donors (Lipinski definition) is 2. The Labute approximate surface area is 132 Å². The summed E-state index contributed by atoms with van der Waals surface area (Å²) in [7, 11) is 0. The minimum atomic E-state index is -0.374. The summed E-state index contributed by atoms with van der Waals surface area (Å²) in [5, 5.41) is 12.2. The van der Waals surface area contributed by atoms with Crippen LogP contribution in [0.4, 0.5) is 5.69 Å². The van der Waals surface area contributed by atoms with Crippen LogP contribution in [-0.2, 0) is 0 Å². The molecule has 0 bridgehead atoms. The van der Waals surface area contributed by atoms with Crippen molar-refractivity contribution >= 4 is 34.8 Å². The van der Waals surface area contributed by atoms with Gasteiger partial charge >= 0.3 is 0 Å². The molecule has 5 heteroatoms. The topological polar surface area (TPSA) is 49.3 Å². The Hall–Kier alpha value is -1.99. The molecule has 106 valence electrons. The number of halogens is 2. The average molecular weight is 320 g/mol. The van der Waals surface area contributed by atoms with Crippen molar-refractivity contribution in [1.82, 2.24) is 0 Å². The molecule has 0 fully saturated rings. The third-order valence-corrected chi connectivity index (χ3v) is 3.22. The molecule has 0 radical (unpaired) electrons. The number of carbonyl (C=O) groups is 1. The fourth-order valence-electron chi connectivity index (χ4n) is 1.70. The molecule has 0 aliphatic carbocycles. The number of para-hydroxylation sites is 1. The zero-order valence-electron chi connectivity index (χ0n) is 10.9. The molecular weight excluding hydrogens is 309 g/mol. The smallest absolute Gasteiger partial charge is 0.257 e. The van der Waals surface area contributed by atoms with Gasteiger partial charge in [0.05, 0.1) is 16.3 Å². The summed E-state index contributed by atoms with van der Waals surface area (Å²) in [4.78, 5) is 12.3. The van der Waals surface area contributed by atoms with Crippen molar-refractivity contribution in [1.29, 1.82) is 0 Å². The van der Waals surface area contributed by atoms with Crippen LogP contribution in [0.25, 0.3) is 0 Å². The van der Waals surface area contributed by atoms with Crippen LogP contribution in [0.15, 0.2) is 42.5 Å². The molecule has 0 heterocycles. The molecule has 0 aliphatic heterocycles. The number of aliphatic hydroxyl groups excluding tert-OH is 1. The van der Waals surface area contributed by atoms with Gasteiger partial charge in [0.25, 0.3) is 5.91 Å². The van der Waals surface area contributed by atoms with E-state index in [0.29, 0.717) is 21.3 Å². The van der Waals surface area contributed by atoms with Gasteiger partial charge in [-0.25, -0.2) is 0 Å². The monoisotopic (exact) mass is 319 g/mol. The Bertz CT molecular complexity index is 733. The van der Waals surface area contributed by atoms with E-state index in [4.69, 9.17) is 28.3 Å². The highest BCUT2D eigenvalue weighted by Crippen LogP contribution is 2.22. The van der Waals surface area contributed by atoms with Crippen molar-refractivity contribution in [3.63, 3.8) is 0 Å². The molecule has 21 heavy (non-hydrogen) atoms. The summed E-state index contributed by atoms with van der Waals surface area (Å²) < 4.78 is 0. The first-order valence-electron chi connectivity index (χ1n) is 6.07. The van der Waals surface area contributed by atoms with Crippen LogP contribution in [0, 0.1) is 11.8 Å². The Morgan fingerprint density at radius 3 is 2.71 bits per heavy atom. The molecule has 2 aromatic carbocycles. The Morgan fingerprint density at radius 2 is 1.95 bits per heavy atom. The lowest BCUT2D eigenvalue weighted by Crippen LogP contribution is -2.13. The molecule has 1 amide bonds. The summed E-state index contributed by atoms with van der Waals surface area (Å²) in [6, 6.07) is 11.7. The summed E-state index contributed by atoms with van der Waals surface area (Å²) in [6.07, 6.45) is 0. The quantitative estimate of drug-likeness (QED) is 0.831. The van der Waals surface area contributed by atoms with Crippen molar-refractivity contribution in [2.24, 2.45) is 0 Å². The highest BCUT2D eigenvalue weighted by molar-refractivity contribution is 6.36. The first kappa shape index (κ1) is 15.4. The first-order chi connectivity index (χ1) is 10.1. The second kappa shape index (κ2) is 7.14. The molecule has 2 aromatic rings. The van der Waals surface area contributed by atoms with Crippen LogP contribution >= 0.6 is 23.2 Å². The lowest BCUT2D eigenvalue weighted by molar-refractivity contribution is 0.102. The average Bonchev–Trinajstić information content (AvgIpc) is 2.48. The third kappa shape index (κ3) is 3.99. The van der Waals surface area contributed by atoms with Gasteiger partial charge in [-0.15, -0.1) is 0 Å². The van der Waals surface area contributed by atoms with Crippen molar-refractivity contribution in [3.05, 3.63) is 63.6 Å². The predicted octanol–water partition coefficient (Wildman–Crippen LogP) is 3.59. The molecule has 0 aromatic heterocycles. The molecule has 0 saturated carbocycles. The van der Waals surface area contributed by atoms with Gasteiger partial charge in [-0.2, -0.15) is 0 Å². The second-order valence-electron chi connectivity index (χ2n) is 4.08. The summed E-state index contributed by atoms with van der Waals surface area (Å²) >= 11 is 11.9. The Kier molecular flexibility index (Phi) is 5.24. The SMILES string of the molecule is O=C(Nc1ccccc1C#CCO)c1cc(Cl)ccc1Cl. The highest BCUT2D eigenvalue weighted by Gasteiger charge is 2.12.